The predicted molar refractivity (Wildman–Crippen MR) is 83.7 cm³/mol. The Hall–Kier alpha value is -2.67. The molecule has 23 heavy (non-hydrogen) atoms. The van der Waals surface area contributed by atoms with E-state index in [9.17, 15) is 4.79 Å². The standard InChI is InChI=1S/C15H13ClN4O3/c1-3-23-15(21)13-14(9-6-10(22-2)8-17-7-9)20-12(18-13)5-4-11(16)19-20/h4-8H,3H2,1-2H3. The highest BCUT2D eigenvalue weighted by Crippen LogP contribution is 2.27. The van der Waals surface area contributed by atoms with Crippen molar-refractivity contribution in [1.29, 1.82) is 0 Å². The maximum absolute atomic E-state index is 12.2. The van der Waals surface area contributed by atoms with Crippen LogP contribution in [0.4, 0.5) is 0 Å². The van der Waals surface area contributed by atoms with Gasteiger partial charge < -0.3 is 9.47 Å². The second kappa shape index (κ2) is 6.21. The van der Waals surface area contributed by atoms with Gasteiger partial charge in [-0.25, -0.2) is 14.3 Å². The van der Waals surface area contributed by atoms with Crippen LogP contribution >= 0.6 is 11.6 Å². The van der Waals surface area contributed by atoms with Crippen LogP contribution in [0.15, 0.2) is 30.6 Å². The van der Waals surface area contributed by atoms with Gasteiger partial charge in [0.1, 0.15) is 16.6 Å². The van der Waals surface area contributed by atoms with Crippen molar-refractivity contribution >= 4 is 23.2 Å². The quantitative estimate of drug-likeness (QED) is 0.683. The first-order chi connectivity index (χ1) is 11.1. The molecule has 3 rings (SSSR count). The summed E-state index contributed by atoms with van der Waals surface area (Å²) in [6, 6.07) is 5.02. The number of imidazole rings is 1. The van der Waals surface area contributed by atoms with Gasteiger partial charge in [0.05, 0.1) is 19.9 Å². The van der Waals surface area contributed by atoms with Gasteiger partial charge >= 0.3 is 5.97 Å². The number of esters is 1. The fraction of sp³-hybridized carbons (Fsp3) is 0.200. The van der Waals surface area contributed by atoms with Crippen molar-refractivity contribution in [3.05, 3.63) is 41.4 Å². The van der Waals surface area contributed by atoms with Crippen LogP contribution in [0.1, 0.15) is 17.4 Å². The number of hydrogen-bond donors (Lipinski definition) is 0. The van der Waals surface area contributed by atoms with E-state index in [1.54, 1.807) is 37.5 Å². The van der Waals surface area contributed by atoms with Crippen LogP contribution in [0.3, 0.4) is 0 Å². The number of nitrogens with zero attached hydrogens (tertiary/aromatic N) is 4. The van der Waals surface area contributed by atoms with Crippen molar-refractivity contribution in [1.82, 2.24) is 19.6 Å². The molecule has 0 aliphatic carbocycles. The molecular formula is C15H13ClN4O3. The lowest BCUT2D eigenvalue weighted by molar-refractivity contribution is 0.0521. The summed E-state index contributed by atoms with van der Waals surface area (Å²) in [6.45, 7) is 1.98. The van der Waals surface area contributed by atoms with Crippen LogP contribution < -0.4 is 4.74 Å². The third kappa shape index (κ3) is 2.83. The van der Waals surface area contributed by atoms with Gasteiger partial charge in [-0.3, -0.25) is 4.98 Å². The zero-order chi connectivity index (χ0) is 16.4. The number of rotatable bonds is 4. The monoisotopic (exact) mass is 332 g/mol. The molecule has 0 spiro atoms. The minimum atomic E-state index is -0.535. The molecule has 0 unspecified atom stereocenters. The molecule has 7 nitrogen and oxygen atoms in total. The average molecular weight is 333 g/mol. The van der Waals surface area contributed by atoms with Crippen LogP contribution in [0.2, 0.25) is 5.15 Å². The number of ether oxygens (including phenoxy) is 2. The van der Waals surface area contributed by atoms with E-state index in [2.05, 4.69) is 15.1 Å². The van der Waals surface area contributed by atoms with E-state index < -0.39 is 5.97 Å². The highest BCUT2D eigenvalue weighted by Gasteiger charge is 2.23. The summed E-state index contributed by atoms with van der Waals surface area (Å²) in [5.74, 6) is 0.0150. The number of hydrogen-bond acceptors (Lipinski definition) is 6. The minimum absolute atomic E-state index is 0.150. The summed E-state index contributed by atoms with van der Waals surface area (Å²) in [4.78, 5) is 20.6. The molecule has 0 aliphatic rings. The van der Waals surface area contributed by atoms with E-state index in [0.717, 1.165) is 0 Å². The van der Waals surface area contributed by atoms with Gasteiger partial charge in [0.25, 0.3) is 0 Å². The van der Waals surface area contributed by atoms with Gasteiger partial charge in [-0.05, 0) is 25.1 Å². The number of carbonyl (C=O) groups excluding carboxylic acids is 1. The first-order valence-corrected chi connectivity index (χ1v) is 7.23. The Kier molecular flexibility index (Phi) is 4.12. The van der Waals surface area contributed by atoms with Crippen LogP contribution in [-0.4, -0.2) is 39.3 Å². The SMILES string of the molecule is CCOC(=O)c1nc2ccc(Cl)nn2c1-c1cncc(OC)c1. The zero-order valence-electron chi connectivity index (χ0n) is 12.5. The number of carbonyl (C=O) groups is 1. The molecule has 0 bridgehead atoms. The Morgan fingerprint density at radius 1 is 1.35 bits per heavy atom. The maximum atomic E-state index is 12.2. The molecule has 0 amide bonds. The van der Waals surface area contributed by atoms with Gasteiger partial charge in [-0.2, -0.15) is 5.10 Å². The number of aromatic nitrogens is 4. The summed E-state index contributed by atoms with van der Waals surface area (Å²) in [5.41, 5.74) is 1.70. The lowest BCUT2D eigenvalue weighted by Gasteiger charge is -2.06. The van der Waals surface area contributed by atoms with Gasteiger partial charge in [0.2, 0.25) is 0 Å². The molecule has 0 aromatic carbocycles. The van der Waals surface area contributed by atoms with E-state index in [1.807, 2.05) is 0 Å². The lowest BCUT2D eigenvalue weighted by atomic mass is 10.1. The normalized spacial score (nSPS) is 10.7. The highest BCUT2D eigenvalue weighted by molar-refractivity contribution is 6.29. The average Bonchev–Trinajstić information content (AvgIpc) is 2.93. The van der Waals surface area contributed by atoms with Crippen molar-refractivity contribution in [3.63, 3.8) is 0 Å². The second-order valence-electron chi connectivity index (χ2n) is 4.57. The van der Waals surface area contributed by atoms with E-state index in [4.69, 9.17) is 21.1 Å². The number of pyridine rings is 1. The van der Waals surface area contributed by atoms with E-state index in [-0.39, 0.29) is 17.5 Å². The first kappa shape index (κ1) is 15.2. The summed E-state index contributed by atoms with van der Waals surface area (Å²) in [6.07, 6.45) is 3.16. The van der Waals surface area contributed by atoms with Crippen molar-refractivity contribution in [2.24, 2.45) is 0 Å². The Balaban J connectivity index is 2.28. The summed E-state index contributed by atoms with van der Waals surface area (Å²) >= 11 is 5.97. The molecule has 0 N–H and O–H groups in total. The molecule has 3 aromatic heterocycles. The number of methoxy groups -OCH3 is 1. The molecule has 0 saturated heterocycles. The smallest absolute Gasteiger partial charge is 0.359 e. The van der Waals surface area contributed by atoms with Crippen LogP contribution in [0.5, 0.6) is 5.75 Å². The fourth-order valence-corrected chi connectivity index (χ4v) is 2.31. The second-order valence-corrected chi connectivity index (χ2v) is 4.96. The molecule has 0 aliphatic heterocycles. The topological polar surface area (TPSA) is 78.6 Å². The Bertz CT molecular complexity index is 878. The first-order valence-electron chi connectivity index (χ1n) is 6.86. The molecule has 0 radical (unpaired) electrons. The molecule has 0 saturated carbocycles. The number of fused-ring (bicyclic) bond motifs is 1. The van der Waals surface area contributed by atoms with E-state index >= 15 is 0 Å². The molecule has 8 heteroatoms. The van der Waals surface area contributed by atoms with Crippen molar-refractivity contribution in [2.45, 2.75) is 6.92 Å². The summed E-state index contributed by atoms with van der Waals surface area (Å²) < 4.78 is 11.8. The Morgan fingerprint density at radius 2 is 2.17 bits per heavy atom. The van der Waals surface area contributed by atoms with Crippen LogP contribution in [-0.2, 0) is 4.74 Å². The molecule has 3 aromatic rings. The summed E-state index contributed by atoms with van der Waals surface area (Å²) in [7, 11) is 1.54. The van der Waals surface area contributed by atoms with Crippen molar-refractivity contribution in [3.8, 4) is 17.0 Å². The third-order valence-electron chi connectivity index (χ3n) is 3.14. The van der Waals surface area contributed by atoms with Gasteiger partial charge in [0, 0.05) is 11.8 Å². The van der Waals surface area contributed by atoms with Crippen LogP contribution in [0.25, 0.3) is 16.9 Å². The Labute approximate surface area is 136 Å². The molecule has 0 fully saturated rings. The van der Waals surface area contributed by atoms with Crippen molar-refractivity contribution in [2.75, 3.05) is 13.7 Å². The molecule has 0 atom stereocenters. The maximum Gasteiger partial charge on any atom is 0.359 e. The fourth-order valence-electron chi connectivity index (χ4n) is 2.17. The van der Waals surface area contributed by atoms with Gasteiger partial charge in [0.15, 0.2) is 11.3 Å². The lowest BCUT2D eigenvalue weighted by Crippen LogP contribution is -2.07. The molecule has 118 valence electrons. The largest absolute Gasteiger partial charge is 0.495 e. The van der Waals surface area contributed by atoms with Gasteiger partial charge in [-0.15, -0.1) is 0 Å². The van der Waals surface area contributed by atoms with E-state index in [0.29, 0.717) is 22.7 Å². The molecule has 3 heterocycles. The Morgan fingerprint density at radius 3 is 2.91 bits per heavy atom. The van der Waals surface area contributed by atoms with Crippen LogP contribution in [0, 0.1) is 0 Å². The summed E-state index contributed by atoms with van der Waals surface area (Å²) in [5, 5.41) is 4.49. The highest BCUT2D eigenvalue weighted by atomic mass is 35.5. The minimum Gasteiger partial charge on any atom is -0.495 e. The third-order valence-corrected chi connectivity index (χ3v) is 3.34. The van der Waals surface area contributed by atoms with Crippen molar-refractivity contribution < 1.29 is 14.3 Å². The van der Waals surface area contributed by atoms with E-state index in [1.165, 1.54) is 11.6 Å². The van der Waals surface area contributed by atoms with Gasteiger partial charge in [-0.1, -0.05) is 11.6 Å². The number of halogens is 1. The molecular weight excluding hydrogens is 320 g/mol. The predicted octanol–water partition coefficient (Wildman–Crippen LogP) is 2.63. The zero-order valence-corrected chi connectivity index (χ0v) is 13.2.